The SMILES string of the molecule is Cc1nc(N[C@H](C)c2cccc(C(F)(F)C(C)(C)O)c2F)c2cc(S(=O)(=O)C(C)C)ncc2n1. The second-order valence-corrected chi connectivity index (χ2v) is 11.4. The van der Waals surface area contributed by atoms with Crippen molar-refractivity contribution in [1.82, 2.24) is 15.0 Å². The number of fused-ring (bicyclic) bond motifs is 1. The van der Waals surface area contributed by atoms with E-state index in [9.17, 15) is 22.3 Å². The van der Waals surface area contributed by atoms with Gasteiger partial charge in [0.1, 0.15) is 23.1 Å². The second kappa shape index (κ2) is 8.77. The molecule has 0 saturated heterocycles. The highest BCUT2D eigenvalue weighted by molar-refractivity contribution is 7.91. The minimum absolute atomic E-state index is 0.0741. The summed E-state index contributed by atoms with van der Waals surface area (Å²) in [5.74, 6) is -4.44. The van der Waals surface area contributed by atoms with Crippen molar-refractivity contribution in [3.8, 4) is 0 Å². The minimum Gasteiger partial charge on any atom is -0.384 e. The van der Waals surface area contributed by atoms with Crippen LogP contribution in [-0.2, 0) is 15.8 Å². The van der Waals surface area contributed by atoms with Gasteiger partial charge in [-0.15, -0.1) is 0 Å². The number of hydrogen-bond acceptors (Lipinski definition) is 7. The fraction of sp³-hybridized carbons (Fsp3) is 0.435. The molecule has 0 unspecified atom stereocenters. The van der Waals surface area contributed by atoms with Crippen molar-refractivity contribution < 1.29 is 26.7 Å². The number of alkyl halides is 2. The van der Waals surface area contributed by atoms with Gasteiger partial charge in [-0.05, 0) is 53.7 Å². The summed E-state index contributed by atoms with van der Waals surface area (Å²) >= 11 is 0. The number of hydrogen-bond donors (Lipinski definition) is 2. The molecule has 0 aliphatic carbocycles. The fourth-order valence-electron chi connectivity index (χ4n) is 3.38. The molecule has 0 radical (unpaired) electrons. The molecule has 0 aliphatic heterocycles. The second-order valence-electron chi connectivity index (χ2n) is 8.96. The fourth-order valence-corrected chi connectivity index (χ4v) is 4.34. The van der Waals surface area contributed by atoms with E-state index in [4.69, 9.17) is 0 Å². The molecule has 0 fully saturated rings. The lowest BCUT2D eigenvalue weighted by Crippen LogP contribution is -2.41. The predicted molar refractivity (Wildman–Crippen MR) is 123 cm³/mol. The van der Waals surface area contributed by atoms with Crippen LogP contribution < -0.4 is 5.32 Å². The zero-order valence-corrected chi connectivity index (χ0v) is 20.5. The number of rotatable bonds is 7. The first-order chi connectivity index (χ1) is 15.6. The van der Waals surface area contributed by atoms with Gasteiger partial charge in [-0.25, -0.2) is 27.8 Å². The van der Waals surface area contributed by atoms with E-state index >= 15 is 4.39 Å². The Bertz CT molecular complexity index is 1340. The summed E-state index contributed by atoms with van der Waals surface area (Å²) in [6.07, 6.45) is 1.32. The van der Waals surface area contributed by atoms with Crippen molar-refractivity contribution in [3.63, 3.8) is 0 Å². The number of sulfone groups is 1. The standard InChI is InChI=1S/C23H27F3N4O3S/c1-12(2)34(32,33)19-10-16-18(11-27-19)29-14(4)30-21(16)28-13(3)15-8-7-9-17(20(15)24)23(25,26)22(5,6)31/h7-13,31H,1-6H3,(H,28,29,30)/t13-/m1/s1. The Hall–Kier alpha value is -2.79. The van der Waals surface area contributed by atoms with Crippen molar-refractivity contribution in [1.29, 1.82) is 0 Å². The van der Waals surface area contributed by atoms with Gasteiger partial charge < -0.3 is 10.4 Å². The topological polar surface area (TPSA) is 105 Å². The molecular formula is C23H27F3N4O3S. The van der Waals surface area contributed by atoms with Crippen LogP contribution in [0.1, 0.15) is 57.6 Å². The Morgan fingerprint density at radius 3 is 2.35 bits per heavy atom. The zero-order chi connectivity index (χ0) is 25.6. The van der Waals surface area contributed by atoms with Crippen molar-refractivity contribution in [3.05, 3.63) is 53.2 Å². The first kappa shape index (κ1) is 25.8. The van der Waals surface area contributed by atoms with E-state index in [1.165, 1.54) is 38.2 Å². The molecular weight excluding hydrogens is 469 g/mol. The van der Waals surface area contributed by atoms with Gasteiger partial charge in [-0.1, -0.05) is 12.1 Å². The maximum atomic E-state index is 15.2. The summed E-state index contributed by atoms with van der Waals surface area (Å²) in [5, 5.41) is 12.3. The third kappa shape index (κ3) is 4.58. The van der Waals surface area contributed by atoms with Crippen molar-refractivity contribution in [2.24, 2.45) is 0 Å². The Morgan fingerprint density at radius 1 is 1.12 bits per heavy atom. The highest BCUT2D eigenvalue weighted by Gasteiger charge is 2.49. The molecule has 34 heavy (non-hydrogen) atoms. The number of benzene rings is 1. The molecule has 3 aromatic rings. The number of nitrogens with one attached hydrogen (secondary N) is 1. The van der Waals surface area contributed by atoms with Crippen molar-refractivity contribution in [2.75, 3.05) is 5.32 Å². The van der Waals surface area contributed by atoms with Crippen LogP contribution in [0.2, 0.25) is 0 Å². The maximum absolute atomic E-state index is 15.2. The van der Waals surface area contributed by atoms with Crippen LogP contribution in [0.15, 0.2) is 35.5 Å². The van der Waals surface area contributed by atoms with E-state index in [0.717, 1.165) is 19.9 Å². The van der Waals surface area contributed by atoms with Crippen molar-refractivity contribution in [2.45, 2.75) is 69.4 Å². The molecule has 11 heteroatoms. The zero-order valence-electron chi connectivity index (χ0n) is 19.7. The third-order valence-electron chi connectivity index (χ3n) is 5.54. The number of pyridine rings is 1. The highest BCUT2D eigenvalue weighted by atomic mass is 32.2. The Labute approximate surface area is 196 Å². The molecule has 0 spiro atoms. The number of nitrogens with zero attached hydrogens (tertiary/aromatic N) is 3. The number of anilines is 1. The van der Waals surface area contributed by atoms with Gasteiger partial charge in [0, 0.05) is 10.9 Å². The quantitative estimate of drug-likeness (QED) is 0.489. The van der Waals surface area contributed by atoms with Crippen LogP contribution in [0.3, 0.4) is 0 Å². The van der Waals surface area contributed by atoms with Crippen LogP contribution in [0.5, 0.6) is 0 Å². The molecule has 3 rings (SSSR count). The number of aromatic nitrogens is 3. The predicted octanol–water partition coefficient (Wildman–Crippen LogP) is 4.69. The van der Waals surface area contributed by atoms with Gasteiger partial charge in [-0.2, -0.15) is 8.78 Å². The third-order valence-corrected chi connectivity index (χ3v) is 7.58. The van der Waals surface area contributed by atoms with Crippen LogP contribution in [0, 0.1) is 12.7 Å². The van der Waals surface area contributed by atoms with Gasteiger partial charge in [0.15, 0.2) is 14.9 Å². The highest BCUT2D eigenvalue weighted by Crippen LogP contribution is 2.41. The lowest BCUT2D eigenvalue weighted by molar-refractivity contribution is -0.170. The Morgan fingerprint density at radius 2 is 1.76 bits per heavy atom. The Kier molecular flexibility index (Phi) is 6.66. The van der Waals surface area contributed by atoms with Gasteiger partial charge in [0.2, 0.25) is 0 Å². The maximum Gasteiger partial charge on any atom is 0.303 e. The molecule has 2 N–H and O–H groups in total. The molecule has 2 aromatic heterocycles. The first-order valence-corrected chi connectivity index (χ1v) is 12.2. The van der Waals surface area contributed by atoms with Gasteiger partial charge >= 0.3 is 5.92 Å². The van der Waals surface area contributed by atoms with E-state index < -0.39 is 44.0 Å². The number of aryl methyl sites for hydroxylation is 1. The molecule has 0 aliphatic rings. The summed E-state index contributed by atoms with van der Waals surface area (Å²) in [7, 11) is -3.68. The van der Waals surface area contributed by atoms with E-state index in [-0.39, 0.29) is 16.4 Å². The van der Waals surface area contributed by atoms with Crippen LogP contribution >= 0.6 is 0 Å². The molecule has 184 valence electrons. The average Bonchev–Trinajstić information content (AvgIpc) is 2.72. The monoisotopic (exact) mass is 496 g/mol. The van der Waals surface area contributed by atoms with E-state index in [1.54, 1.807) is 13.8 Å². The molecule has 7 nitrogen and oxygen atoms in total. The first-order valence-electron chi connectivity index (χ1n) is 10.6. The van der Waals surface area contributed by atoms with Gasteiger partial charge in [0.05, 0.1) is 28.6 Å². The van der Waals surface area contributed by atoms with Gasteiger partial charge in [0.25, 0.3) is 0 Å². The number of aliphatic hydroxyl groups is 1. The van der Waals surface area contributed by atoms with Crippen LogP contribution in [0.4, 0.5) is 19.0 Å². The van der Waals surface area contributed by atoms with E-state index in [1.807, 2.05) is 0 Å². The molecule has 0 saturated carbocycles. The Balaban J connectivity index is 2.09. The summed E-state index contributed by atoms with van der Waals surface area (Å²) in [5.41, 5.74) is -3.11. The molecule has 0 amide bonds. The lowest BCUT2D eigenvalue weighted by atomic mass is 9.91. The van der Waals surface area contributed by atoms with Crippen molar-refractivity contribution >= 4 is 26.6 Å². The molecule has 1 atom stereocenters. The normalized spacial score (nSPS) is 14.0. The minimum atomic E-state index is -3.84. The molecule has 2 heterocycles. The lowest BCUT2D eigenvalue weighted by Gasteiger charge is -2.30. The largest absolute Gasteiger partial charge is 0.384 e. The smallest absolute Gasteiger partial charge is 0.303 e. The average molecular weight is 497 g/mol. The van der Waals surface area contributed by atoms with Gasteiger partial charge in [-0.3, -0.25) is 0 Å². The summed E-state index contributed by atoms with van der Waals surface area (Å²) < 4.78 is 69.7. The summed E-state index contributed by atoms with van der Waals surface area (Å²) in [6.45, 7) is 8.07. The summed E-state index contributed by atoms with van der Waals surface area (Å²) in [4.78, 5) is 12.6. The number of halogens is 3. The van der Waals surface area contributed by atoms with E-state index in [0.29, 0.717) is 16.7 Å². The van der Waals surface area contributed by atoms with Crippen LogP contribution in [0.25, 0.3) is 10.9 Å². The molecule has 1 aromatic carbocycles. The van der Waals surface area contributed by atoms with E-state index in [2.05, 4.69) is 20.3 Å². The summed E-state index contributed by atoms with van der Waals surface area (Å²) in [6, 6.07) is 4.07. The van der Waals surface area contributed by atoms with Crippen LogP contribution in [-0.4, -0.2) is 39.3 Å². The molecule has 0 bridgehead atoms.